The Morgan fingerprint density at radius 1 is 1.19 bits per heavy atom. The summed E-state index contributed by atoms with van der Waals surface area (Å²) in [5, 5.41) is 5.68. The van der Waals surface area contributed by atoms with E-state index in [2.05, 4.69) is 60.3 Å². The zero-order chi connectivity index (χ0) is 12.3. The van der Waals surface area contributed by atoms with E-state index in [1.807, 2.05) is 0 Å². The number of nitrogens with zero attached hydrogens (tertiary/aromatic N) is 2. The quantitative estimate of drug-likeness (QED) is 0.748. The summed E-state index contributed by atoms with van der Waals surface area (Å²) < 4.78 is 2.18. The molecule has 0 spiro atoms. The second-order valence-corrected chi connectivity index (χ2v) is 5.35. The first-order valence-corrected chi connectivity index (χ1v) is 7.18. The summed E-state index contributed by atoms with van der Waals surface area (Å²) in [7, 11) is 0. The molecule has 0 bridgehead atoms. The molecule has 0 N–H and O–H groups in total. The predicted molar refractivity (Wildman–Crippen MR) is 73.2 cm³/mol. The summed E-state index contributed by atoms with van der Waals surface area (Å²) in [6.45, 7) is 12.0. The number of rotatable bonds is 5. The van der Waals surface area contributed by atoms with E-state index in [1.165, 1.54) is 24.1 Å². The maximum Gasteiger partial charge on any atom is 0.0625 e. The Morgan fingerprint density at radius 3 is 2.06 bits per heavy atom. The van der Waals surface area contributed by atoms with Crippen LogP contribution >= 0.6 is 15.9 Å². The predicted octanol–water partition coefficient (Wildman–Crippen LogP) is 4.01. The smallest absolute Gasteiger partial charge is 0.0625 e. The molecule has 1 rings (SSSR count). The van der Waals surface area contributed by atoms with Crippen LogP contribution in [0.2, 0.25) is 0 Å². The molecular formula is C13H23BrN2. The maximum absolute atomic E-state index is 4.63. The van der Waals surface area contributed by atoms with Gasteiger partial charge in [-0.25, -0.2) is 0 Å². The molecule has 0 fully saturated rings. The lowest BCUT2D eigenvalue weighted by molar-refractivity contribution is 0.245. The van der Waals surface area contributed by atoms with Crippen LogP contribution in [0.15, 0.2) is 0 Å². The van der Waals surface area contributed by atoms with Crippen LogP contribution < -0.4 is 0 Å². The van der Waals surface area contributed by atoms with Gasteiger partial charge in [-0.3, -0.25) is 4.68 Å². The molecule has 0 radical (unpaired) electrons. The fourth-order valence-electron chi connectivity index (χ4n) is 1.96. The monoisotopic (exact) mass is 286 g/mol. The van der Waals surface area contributed by atoms with Crippen molar-refractivity contribution in [1.29, 1.82) is 0 Å². The van der Waals surface area contributed by atoms with Crippen LogP contribution in [0.1, 0.15) is 43.6 Å². The normalized spacial score (nSPS) is 12.1. The first-order valence-electron chi connectivity index (χ1n) is 6.06. The standard InChI is InChI=1S/C13H23BrN2/c1-6-13(7-2,8-14)9-16-12(5)10(3)11(4)15-16/h6-9H2,1-5H3. The molecular weight excluding hydrogens is 264 g/mol. The van der Waals surface area contributed by atoms with Gasteiger partial charge in [0.15, 0.2) is 0 Å². The van der Waals surface area contributed by atoms with Gasteiger partial charge in [0.05, 0.1) is 5.69 Å². The van der Waals surface area contributed by atoms with Crippen molar-refractivity contribution in [2.24, 2.45) is 5.41 Å². The number of halogens is 1. The number of hydrogen-bond acceptors (Lipinski definition) is 1. The number of hydrogen-bond donors (Lipinski definition) is 0. The summed E-state index contributed by atoms with van der Waals surface area (Å²) in [4.78, 5) is 0. The molecule has 92 valence electrons. The van der Waals surface area contributed by atoms with E-state index in [-0.39, 0.29) is 0 Å². The van der Waals surface area contributed by atoms with Crippen LogP contribution in [0.5, 0.6) is 0 Å². The topological polar surface area (TPSA) is 17.8 Å². The van der Waals surface area contributed by atoms with Crippen molar-refractivity contribution < 1.29 is 0 Å². The number of alkyl halides is 1. The van der Waals surface area contributed by atoms with Crippen molar-refractivity contribution in [3.05, 3.63) is 17.0 Å². The summed E-state index contributed by atoms with van der Waals surface area (Å²) in [5.74, 6) is 0. The molecule has 0 amide bonds. The number of aryl methyl sites for hydroxylation is 1. The van der Waals surface area contributed by atoms with Crippen LogP contribution in [-0.4, -0.2) is 15.1 Å². The highest BCUT2D eigenvalue weighted by Gasteiger charge is 2.26. The second kappa shape index (κ2) is 5.35. The van der Waals surface area contributed by atoms with E-state index >= 15 is 0 Å². The van der Waals surface area contributed by atoms with Gasteiger partial charge in [0, 0.05) is 17.6 Å². The second-order valence-electron chi connectivity index (χ2n) is 4.79. The Labute approximate surface area is 108 Å². The molecule has 0 unspecified atom stereocenters. The fraction of sp³-hybridized carbons (Fsp3) is 0.769. The van der Waals surface area contributed by atoms with Crippen molar-refractivity contribution in [2.75, 3.05) is 5.33 Å². The molecule has 1 aromatic heterocycles. The van der Waals surface area contributed by atoms with Gasteiger partial charge in [-0.15, -0.1) is 0 Å². The first-order chi connectivity index (χ1) is 7.49. The van der Waals surface area contributed by atoms with Gasteiger partial charge in [0.1, 0.15) is 0 Å². The van der Waals surface area contributed by atoms with Crippen LogP contribution in [0, 0.1) is 26.2 Å². The van der Waals surface area contributed by atoms with E-state index in [0.29, 0.717) is 5.41 Å². The largest absolute Gasteiger partial charge is 0.269 e. The lowest BCUT2D eigenvalue weighted by Gasteiger charge is -2.29. The average molecular weight is 287 g/mol. The molecule has 16 heavy (non-hydrogen) atoms. The molecule has 0 aliphatic heterocycles. The molecule has 3 heteroatoms. The van der Waals surface area contributed by atoms with Crippen molar-refractivity contribution in [1.82, 2.24) is 9.78 Å². The van der Waals surface area contributed by atoms with Gasteiger partial charge in [-0.1, -0.05) is 29.8 Å². The van der Waals surface area contributed by atoms with Crippen molar-refractivity contribution in [3.8, 4) is 0 Å². The minimum atomic E-state index is 0.343. The first kappa shape index (κ1) is 13.8. The minimum Gasteiger partial charge on any atom is -0.269 e. The third-order valence-electron chi connectivity index (χ3n) is 4.01. The fourth-order valence-corrected chi connectivity index (χ4v) is 2.93. The van der Waals surface area contributed by atoms with E-state index in [9.17, 15) is 0 Å². The van der Waals surface area contributed by atoms with Crippen LogP contribution in [0.4, 0.5) is 0 Å². The summed E-state index contributed by atoms with van der Waals surface area (Å²) in [6, 6.07) is 0. The molecule has 1 heterocycles. The molecule has 0 saturated carbocycles. The SMILES string of the molecule is CCC(CC)(CBr)Cn1nc(C)c(C)c1C. The summed E-state index contributed by atoms with van der Waals surface area (Å²) in [6.07, 6.45) is 2.37. The Bertz CT molecular complexity index is 343. The highest BCUT2D eigenvalue weighted by molar-refractivity contribution is 9.09. The van der Waals surface area contributed by atoms with Crippen molar-refractivity contribution in [2.45, 2.75) is 54.0 Å². The van der Waals surface area contributed by atoms with Crippen molar-refractivity contribution in [3.63, 3.8) is 0 Å². The van der Waals surface area contributed by atoms with Crippen LogP contribution in [-0.2, 0) is 6.54 Å². The third-order valence-corrected chi connectivity index (χ3v) is 5.20. The Balaban J connectivity index is 2.98. The highest BCUT2D eigenvalue weighted by Crippen LogP contribution is 2.31. The van der Waals surface area contributed by atoms with Crippen molar-refractivity contribution >= 4 is 15.9 Å². The van der Waals surface area contributed by atoms with E-state index in [1.54, 1.807) is 0 Å². The maximum atomic E-state index is 4.63. The molecule has 2 nitrogen and oxygen atoms in total. The van der Waals surface area contributed by atoms with Gasteiger partial charge >= 0.3 is 0 Å². The van der Waals surface area contributed by atoms with Gasteiger partial charge in [0.2, 0.25) is 0 Å². The molecule has 0 saturated heterocycles. The third kappa shape index (κ3) is 2.50. The molecule has 0 aliphatic carbocycles. The average Bonchev–Trinajstić information content (AvgIpc) is 2.54. The Morgan fingerprint density at radius 2 is 1.75 bits per heavy atom. The highest BCUT2D eigenvalue weighted by atomic mass is 79.9. The van der Waals surface area contributed by atoms with Gasteiger partial charge < -0.3 is 0 Å². The van der Waals surface area contributed by atoms with E-state index < -0.39 is 0 Å². The zero-order valence-electron chi connectivity index (χ0n) is 11.1. The summed E-state index contributed by atoms with van der Waals surface area (Å²) in [5.41, 5.74) is 4.14. The molecule has 0 atom stereocenters. The summed E-state index contributed by atoms with van der Waals surface area (Å²) >= 11 is 3.66. The molecule has 0 aromatic carbocycles. The molecule has 1 aromatic rings. The van der Waals surface area contributed by atoms with Gasteiger partial charge in [-0.05, 0) is 44.6 Å². The van der Waals surface area contributed by atoms with Crippen LogP contribution in [0.25, 0.3) is 0 Å². The number of aromatic nitrogens is 2. The van der Waals surface area contributed by atoms with E-state index in [4.69, 9.17) is 0 Å². The van der Waals surface area contributed by atoms with Crippen LogP contribution in [0.3, 0.4) is 0 Å². The lowest BCUT2D eigenvalue weighted by Crippen LogP contribution is -2.28. The Kier molecular flexibility index (Phi) is 4.60. The Hall–Kier alpha value is -0.310. The van der Waals surface area contributed by atoms with E-state index in [0.717, 1.165) is 17.6 Å². The van der Waals surface area contributed by atoms with Gasteiger partial charge in [0.25, 0.3) is 0 Å². The van der Waals surface area contributed by atoms with Gasteiger partial charge in [-0.2, -0.15) is 5.10 Å². The lowest BCUT2D eigenvalue weighted by atomic mass is 9.84. The minimum absolute atomic E-state index is 0.343. The zero-order valence-corrected chi connectivity index (χ0v) is 12.7. The molecule has 0 aliphatic rings.